The number of ether oxygens (including phenoxy) is 1. The highest BCUT2D eigenvalue weighted by atomic mass is 16.5. The molecule has 1 aromatic heterocycles. The van der Waals surface area contributed by atoms with Gasteiger partial charge in [-0.1, -0.05) is 32.0 Å². The first-order chi connectivity index (χ1) is 17.3. The van der Waals surface area contributed by atoms with Gasteiger partial charge in [0.2, 0.25) is 0 Å². The Hall–Kier alpha value is -3.26. The topological polar surface area (TPSA) is 83.0 Å². The van der Waals surface area contributed by atoms with Crippen LogP contribution in [0.25, 0.3) is 0 Å². The Morgan fingerprint density at radius 2 is 1.81 bits per heavy atom. The summed E-state index contributed by atoms with van der Waals surface area (Å²) in [6, 6.07) is 11.2. The summed E-state index contributed by atoms with van der Waals surface area (Å²) in [4.78, 5) is 48.6. The van der Waals surface area contributed by atoms with Crippen molar-refractivity contribution in [2.45, 2.75) is 51.6 Å². The highest BCUT2D eigenvalue weighted by molar-refractivity contribution is 6.07. The Balaban J connectivity index is 1.41. The maximum Gasteiger partial charge on any atom is 0.337 e. The van der Waals surface area contributed by atoms with Crippen LogP contribution in [0.3, 0.4) is 0 Å². The third-order valence-corrected chi connectivity index (χ3v) is 7.20. The van der Waals surface area contributed by atoms with Crippen LogP contribution in [0.1, 0.15) is 54.6 Å². The summed E-state index contributed by atoms with van der Waals surface area (Å²) in [5, 5.41) is 0. The number of rotatable bonds is 9. The Labute approximate surface area is 213 Å². The highest BCUT2D eigenvalue weighted by Gasteiger charge is 2.57. The molecule has 2 saturated heterocycles. The Morgan fingerprint density at radius 1 is 1.08 bits per heavy atom. The van der Waals surface area contributed by atoms with Crippen LogP contribution >= 0.6 is 0 Å². The lowest BCUT2D eigenvalue weighted by Gasteiger charge is -2.42. The zero-order valence-corrected chi connectivity index (χ0v) is 21.5. The van der Waals surface area contributed by atoms with Crippen LogP contribution in [0.15, 0.2) is 48.8 Å². The second-order valence-electron chi connectivity index (χ2n) is 10.2. The lowest BCUT2D eigenvalue weighted by atomic mass is 9.85. The molecule has 0 aliphatic carbocycles. The van der Waals surface area contributed by atoms with Crippen LogP contribution in [-0.2, 0) is 22.5 Å². The summed E-state index contributed by atoms with van der Waals surface area (Å²) in [5.41, 5.74) is 1.99. The molecule has 0 unspecified atom stereocenters. The maximum absolute atomic E-state index is 13.7. The first-order valence-corrected chi connectivity index (χ1v) is 12.8. The minimum absolute atomic E-state index is 0.0404. The number of amides is 3. The summed E-state index contributed by atoms with van der Waals surface area (Å²) in [6.07, 6.45) is 6.34. The lowest BCUT2D eigenvalue weighted by Crippen LogP contribution is -2.57. The fourth-order valence-corrected chi connectivity index (χ4v) is 5.27. The minimum atomic E-state index is -0.749. The molecule has 0 radical (unpaired) electrons. The van der Waals surface area contributed by atoms with Crippen LogP contribution < -0.4 is 0 Å². The molecule has 1 aromatic carbocycles. The van der Waals surface area contributed by atoms with Gasteiger partial charge in [-0.25, -0.2) is 9.59 Å². The van der Waals surface area contributed by atoms with Gasteiger partial charge in [-0.15, -0.1) is 0 Å². The van der Waals surface area contributed by atoms with Crippen molar-refractivity contribution in [3.63, 3.8) is 0 Å². The molecule has 4 rings (SSSR count). The second kappa shape index (κ2) is 11.2. The fourth-order valence-electron chi connectivity index (χ4n) is 5.27. The molecule has 2 fully saturated rings. The van der Waals surface area contributed by atoms with Crippen LogP contribution in [0, 0.1) is 5.92 Å². The van der Waals surface area contributed by atoms with E-state index in [0.717, 1.165) is 43.6 Å². The van der Waals surface area contributed by atoms with Gasteiger partial charge in [-0.05, 0) is 60.9 Å². The SMILES string of the molecule is COC(=O)c1ccc(CN2CCC3(CC2)C(=O)N(CCCc2cccnc2)C(=O)N3CC(C)C)cc1. The molecule has 192 valence electrons. The van der Waals surface area contributed by atoms with E-state index in [9.17, 15) is 14.4 Å². The van der Waals surface area contributed by atoms with E-state index in [-0.39, 0.29) is 23.8 Å². The summed E-state index contributed by atoms with van der Waals surface area (Å²) in [7, 11) is 1.37. The number of imide groups is 1. The number of piperidine rings is 1. The lowest BCUT2D eigenvalue weighted by molar-refractivity contribution is -0.135. The van der Waals surface area contributed by atoms with E-state index in [1.807, 2.05) is 35.4 Å². The molecule has 2 aliphatic rings. The number of esters is 1. The standard InChI is InChI=1S/C28H36N4O4/c1-21(2)19-32-27(35)31(15-5-7-22-6-4-14-29-18-22)26(34)28(32)12-16-30(17-13-28)20-23-8-10-24(11-9-23)25(33)36-3/h4,6,8-11,14,18,21H,5,7,12-13,15-17,19-20H2,1-3H3. The van der Waals surface area contributed by atoms with Gasteiger partial charge in [0.05, 0.1) is 12.7 Å². The number of aromatic nitrogens is 1. The monoisotopic (exact) mass is 492 g/mol. The number of pyridine rings is 1. The van der Waals surface area contributed by atoms with E-state index >= 15 is 0 Å². The Bertz CT molecular complexity index is 1060. The summed E-state index contributed by atoms with van der Waals surface area (Å²) in [6.45, 7) is 7.38. The van der Waals surface area contributed by atoms with Gasteiger partial charge in [-0.3, -0.25) is 19.6 Å². The molecule has 3 amide bonds. The van der Waals surface area contributed by atoms with Crippen molar-refractivity contribution >= 4 is 17.9 Å². The third kappa shape index (κ3) is 5.43. The molecular formula is C28H36N4O4. The zero-order chi connectivity index (χ0) is 25.7. The van der Waals surface area contributed by atoms with Gasteiger partial charge in [0.15, 0.2) is 0 Å². The molecule has 2 aromatic rings. The summed E-state index contributed by atoms with van der Waals surface area (Å²) < 4.78 is 4.77. The molecule has 36 heavy (non-hydrogen) atoms. The van der Waals surface area contributed by atoms with Gasteiger partial charge < -0.3 is 9.64 Å². The van der Waals surface area contributed by atoms with E-state index in [1.54, 1.807) is 18.3 Å². The van der Waals surface area contributed by atoms with Gasteiger partial charge >= 0.3 is 12.0 Å². The number of carbonyl (C=O) groups excluding carboxylic acids is 3. The van der Waals surface area contributed by atoms with Crippen molar-refractivity contribution in [2.75, 3.05) is 33.3 Å². The molecule has 0 N–H and O–H groups in total. The van der Waals surface area contributed by atoms with Gasteiger partial charge in [0, 0.05) is 45.1 Å². The van der Waals surface area contributed by atoms with Crippen molar-refractivity contribution in [3.8, 4) is 0 Å². The minimum Gasteiger partial charge on any atom is -0.465 e. The predicted octanol–water partition coefficient (Wildman–Crippen LogP) is 3.76. The van der Waals surface area contributed by atoms with Crippen molar-refractivity contribution in [2.24, 2.45) is 5.92 Å². The molecule has 1 spiro atoms. The number of nitrogens with zero attached hydrogens (tertiary/aromatic N) is 4. The molecule has 8 nitrogen and oxygen atoms in total. The smallest absolute Gasteiger partial charge is 0.337 e. The van der Waals surface area contributed by atoms with Gasteiger partial charge in [0.1, 0.15) is 5.54 Å². The quantitative estimate of drug-likeness (QED) is 0.392. The molecule has 0 atom stereocenters. The van der Waals surface area contributed by atoms with Crippen LogP contribution in [0.5, 0.6) is 0 Å². The van der Waals surface area contributed by atoms with Crippen LogP contribution in [0.2, 0.25) is 0 Å². The van der Waals surface area contributed by atoms with Crippen molar-refractivity contribution in [3.05, 3.63) is 65.5 Å². The predicted molar refractivity (Wildman–Crippen MR) is 136 cm³/mol. The maximum atomic E-state index is 13.7. The first kappa shape index (κ1) is 25.8. The Kier molecular flexibility index (Phi) is 8.04. The molecule has 8 heteroatoms. The van der Waals surface area contributed by atoms with Crippen molar-refractivity contribution < 1.29 is 19.1 Å². The normalized spacial score (nSPS) is 17.9. The third-order valence-electron chi connectivity index (χ3n) is 7.20. The van der Waals surface area contributed by atoms with Gasteiger partial charge in [-0.2, -0.15) is 0 Å². The van der Waals surface area contributed by atoms with Crippen molar-refractivity contribution in [1.82, 2.24) is 19.7 Å². The van der Waals surface area contributed by atoms with Crippen molar-refractivity contribution in [1.29, 1.82) is 0 Å². The van der Waals surface area contributed by atoms with E-state index in [4.69, 9.17) is 4.74 Å². The number of hydrogen-bond donors (Lipinski definition) is 0. The molecule has 0 saturated carbocycles. The first-order valence-electron chi connectivity index (χ1n) is 12.8. The number of benzene rings is 1. The summed E-state index contributed by atoms with van der Waals surface area (Å²) >= 11 is 0. The number of aryl methyl sites for hydroxylation is 1. The average Bonchev–Trinajstić information content (AvgIpc) is 3.07. The highest BCUT2D eigenvalue weighted by Crippen LogP contribution is 2.38. The van der Waals surface area contributed by atoms with Crippen LogP contribution in [0.4, 0.5) is 4.79 Å². The number of methoxy groups -OCH3 is 1. The number of urea groups is 1. The molecular weight excluding hydrogens is 456 g/mol. The van der Waals surface area contributed by atoms with E-state index in [1.165, 1.54) is 12.0 Å². The van der Waals surface area contributed by atoms with E-state index in [2.05, 4.69) is 23.7 Å². The van der Waals surface area contributed by atoms with E-state index < -0.39 is 5.54 Å². The van der Waals surface area contributed by atoms with E-state index in [0.29, 0.717) is 31.5 Å². The molecule has 3 heterocycles. The Morgan fingerprint density at radius 3 is 2.42 bits per heavy atom. The number of hydrogen-bond acceptors (Lipinski definition) is 6. The molecule has 2 aliphatic heterocycles. The zero-order valence-electron chi connectivity index (χ0n) is 21.5. The van der Waals surface area contributed by atoms with Crippen LogP contribution in [-0.4, -0.2) is 76.4 Å². The summed E-state index contributed by atoms with van der Waals surface area (Å²) in [5.74, 6) is -0.108. The fraction of sp³-hybridized carbons (Fsp3) is 0.500. The largest absolute Gasteiger partial charge is 0.465 e. The second-order valence-corrected chi connectivity index (χ2v) is 10.2. The molecule has 0 bridgehead atoms. The van der Waals surface area contributed by atoms with Gasteiger partial charge in [0.25, 0.3) is 5.91 Å². The number of likely N-dealkylation sites (tertiary alicyclic amines) is 1. The average molecular weight is 493 g/mol. The number of carbonyl (C=O) groups is 3.